The van der Waals surface area contributed by atoms with E-state index >= 15 is 0 Å². The second kappa shape index (κ2) is 9.03. The van der Waals surface area contributed by atoms with Crippen LogP contribution in [0.4, 0.5) is 0 Å². The number of nitrogens with zero attached hydrogens (tertiary/aromatic N) is 3. The van der Waals surface area contributed by atoms with Gasteiger partial charge in [-0.05, 0) is 25.8 Å². The number of aryl methyl sites for hydroxylation is 2. The quantitative estimate of drug-likeness (QED) is 0.837. The van der Waals surface area contributed by atoms with Crippen LogP contribution in [0.2, 0.25) is 0 Å². The van der Waals surface area contributed by atoms with Gasteiger partial charge in [0.15, 0.2) is 0 Å². The Bertz CT molecular complexity index is 939. The SMILES string of the molecule is CCC1CN(C(=O)Cc2c(C)nc(C)[nH]c2=O)CCC(=O)N1Cc1ccccc1. The maximum absolute atomic E-state index is 13.0. The molecule has 7 nitrogen and oxygen atoms in total. The van der Waals surface area contributed by atoms with E-state index in [4.69, 9.17) is 0 Å². The summed E-state index contributed by atoms with van der Waals surface area (Å²) >= 11 is 0. The monoisotopic (exact) mass is 396 g/mol. The second-order valence-corrected chi connectivity index (χ2v) is 7.55. The number of aromatic amines is 1. The zero-order chi connectivity index (χ0) is 21.0. The number of hydrogen-bond donors (Lipinski definition) is 1. The van der Waals surface area contributed by atoms with Gasteiger partial charge in [0.05, 0.1) is 6.42 Å². The van der Waals surface area contributed by atoms with Crippen molar-refractivity contribution in [3.63, 3.8) is 0 Å². The first-order chi connectivity index (χ1) is 13.9. The highest BCUT2D eigenvalue weighted by Crippen LogP contribution is 2.18. The Hall–Kier alpha value is -2.96. The number of amides is 2. The molecule has 3 rings (SSSR count). The van der Waals surface area contributed by atoms with Gasteiger partial charge in [-0.1, -0.05) is 37.3 Å². The van der Waals surface area contributed by atoms with Crippen LogP contribution in [0, 0.1) is 13.8 Å². The van der Waals surface area contributed by atoms with Crippen molar-refractivity contribution < 1.29 is 9.59 Å². The summed E-state index contributed by atoms with van der Waals surface area (Å²) in [6.07, 6.45) is 1.04. The lowest BCUT2D eigenvalue weighted by Gasteiger charge is -2.31. The van der Waals surface area contributed by atoms with Crippen molar-refractivity contribution in [2.24, 2.45) is 0 Å². The first-order valence-electron chi connectivity index (χ1n) is 10.1. The van der Waals surface area contributed by atoms with E-state index in [1.54, 1.807) is 18.7 Å². The molecule has 1 aliphatic rings. The van der Waals surface area contributed by atoms with E-state index in [1.165, 1.54) is 0 Å². The molecule has 2 aromatic rings. The highest BCUT2D eigenvalue weighted by atomic mass is 16.2. The topological polar surface area (TPSA) is 86.4 Å². The molecule has 2 heterocycles. The van der Waals surface area contributed by atoms with Gasteiger partial charge in [-0.2, -0.15) is 0 Å². The lowest BCUT2D eigenvalue weighted by Crippen LogP contribution is -2.44. The summed E-state index contributed by atoms with van der Waals surface area (Å²) in [5, 5.41) is 0. The molecule has 1 atom stereocenters. The molecular weight excluding hydrogens is 368 g/mol. The number of carbonyl (C=O) groups excluding carboxylic acids is 2. The summed E-state index contributed by atoms with van der Waals surface area (Å²) < 4.78 is 0. The molecule has 0 aliphatic carbocycles. The molecular formula is C22H28N4O3. The van der Waals surface area contributed by atoms with E-state index in [1.807, 2.05) is 42.2 Å². The molecule has 1 saturated heterocycles. The van der Waals surface area contributed by atoms with E-state index in [9.17, 15) is 14.4 Å². The predicted octanol–water partition coefficient (Wildman–Crippen LogP) is 1.97. The number of H-pyrrole nitrogens is 1. The van der Waals surface area contributed by atoms with Crippen LogP contribution < -0.4 is 5.56 Å². The molecule has 1 N–H and O–H groups in total. The fraction of sp³-hybridized carbons (Fsp3) is 0.455. The highest BCUT2D eigenvalue weighted by Gasteiger charge is 2.31. The summed E-state index contributed by atoms with van der Waals surface area (Å²) in [6, 6.07) is 9.84. The summed E-state index contributed by atoms with van der Waals surface area (Å²) in [5.74, 6) is 0.450. The number of carbonyl (C=O) groups is 2. The van der Waals surface area contributed by atoms with E-state index < -0.39 is 0 Å². The molecule has 1 fully saturated rings. The minimum atomic E-state index is -0.271. The molecule has 1 aliphatic heterocycles. The van der Waals surface area contributed by atoms with Crippen molar-refractivity contribution in [2.45, 2.75) is 52.6 Å². The molecule has 0 bridgehead atoms. The summed E-state index contributed by atoms with van der Waals surface area (Å²) in [6.45, 7) is 6.88. The average molecular weight is 396 g/mol. The van der Waals surface area contributed by atoms with E-state index in [0.717, 1.165) is 12.0 Å². The van der Waals surface area contributed by atoms with E-state index in [-0.39, 0.29) is 36.3 Å². The van der Waals surface area contributed by atoms with Gasteiger partial charge >= 0.3 is 0 Å². The Morgan fingerprint density at radius 2 is 1.93 bits per heavy atom. The minimum absolute atomic E-state index is 0.00223. The fourth-order valence-electron chi connectivity index (χ4n) is 3.82. The highest BCUT2D eigenvalue weighted by molar-refractivity contribution is 5.82. The van der Waals surface area contributed by atoms with Crippen LogP contribution in [0.5, 0.6) is 0 Å². The van der Waals surface area contributed by atoms with Crippen LogP contribution in [0.25, 0.3) is 0 Å². The zero-order valence-corrected chi connectivity index (χ0v) is 17.3. The van der Waals surface area contributed by atoms with Gasteiger partial charge in [0, 0.05) is 43.4 Å². The number of nitrogens with one attached hydrogen (secondary N) is 1. The normalized spacial score (nSPS) is 17.3. The van der Waals surface area contributed by atoms with Crippen molar-refractivity contribution >= 4 is 11.8 Å². The van der Waals surface area contributed by atoms with Crippen molar-refractivity contribution in [1.29, 1.82) is 0 Å². The molecule has 1 aromatic carbocycles. The zero-order valence-electron chi connectivity index (χ0n) is 17.3. The lowest BCUT2D eigenvalue weighted by molar-refractivity contribution is -0.133. The van der Waals surface area contributed by atoms with Crippen molar-refractivity contribution in [3.8, 4) is 0 Å². The van der Waals surface area contributed by atoms with Crippen LogP contribution >= 0.6 is 0 Å². The Morgan fingerprint density at radius 1 is 1.21 bits per heavy atom. The van der Waals surface area contributed by atoms with Crippen LogP contribution in [0.1, 0.15) is 42.4 Å². The molecule has 1 unspecified atom stereocenters. The van der Waals surface area contributed by atoms with Gasteiger partial charge in [-0.25, -0.2) is 4.98 Å². The van der Waals surface area contributed by atoms with Gasteiger partial charge in [0.1, 0.15) is 5.82 Å². The Kier molecular flexibility index (Phi) is 6.46. The number of aromatic nitrogens is 2. The molecule has 0 saturated carbocycles. The van der Waals surface area contributed by atoms with Crippen LogP contribution in [-0.4, -0.2) is 50.7 Å². The molecule has 2 amide bonds. The van der Waals surface area contributed by atoms with Crippen LogP contribution in [-0.2, 0) is 22.6 Å². The van der Waals surface area contributed by atoms with E-state index in [2.05, 4.69) is 9.97 Å². The standard InChI is InChI=1S/C22H28N4O3/c1-4-18-14-25(21(28)12-19-15(2)23-16(3)24-22(19)29)11-10-20(27)26(18)13-17-8-6-5-7-9-17/h5-9,18H,4,10-14H2,1-3H3,(H,23,24,29). The van der Waals surface area contributed by atoms with Gasteiger partial charge in [0.25, 0.3) is 5.56 Å². The van der Waals surface area contributed by atoms with Crippen molar-refractivity contribution in [3.05, 3.63) is 63.3 Å². The number of rotatable bonds is 5. The second-order valence-electron chi connectivity index (χ2n) is 7.55. The van der Waals surface area contributed by atoms with Gasteiger partial charge < -0.3 is 14.8 Å². The minimum Gasteiger partial charge on any atom is -0.340 e. The summed E-state index contributed by atoms with van der Waals surface area (Å²) in [5.41, 5.74) is 1.77. The third-order valence-electron chi connectivity index (χ3n) is 5.48. The molecule has 154 valence electrons. The Balaban J connectivity index is 1.76. The molecule has 0 radical (unpaired) electrons. The predicted molar refractivity (Wildman–Crippen MR) is 110 cm³/mol. The number of benzene rings is 1. The Labute approximate surface area is 170 Å². The average Bonchev–Trinajstić information content (AvgIpc) is 2.85. The summed E-state index contributed by atoms with van der Waals surface area (Å²) in [4.78, 5) is 48.5. The first-order valence-corrected chi connectivity index (χ1v) is 10.1. The van der Waals surface area contributed by atoms with Gasteiger partial charge in [0.2, 0.25) is 11.8 Å². The fourth-order valence-corrected chi connectivity index (χ4v) is 3.82. The largest absolute Gasteiger partial charge is 0.340 e. The van der Waals surface area contributed by atoms with Crippen molar-refractivity contribution in [2.75, 3.05) is 13.1 Å². The summed E-state index contributed by atoms with van der Waals surface area (Å²) in [7, 11) is 0. The Morgan fingerprint density at radius 3 is 2.59 bits per heavy atom. The maximum Gasteiger partial charge on any atom is 0.254 e. The van der Waals surface area contributed by atoms with Gasteiger partial charge in [-0.15, -0.1) is 0 Å². The maximum atomic E-state index is 13.0. The lowest BCUT2D eigenvalue weighted by atomic mass is 10.1. The smallest absolute Gasteiger partial charge is 0.254 e. The van der Waals surface area contributed by atoms with Crippen LogP contribution in [0.3, 0.4) is 0 Å². The third-order valence-corrected chi connectivity index (χ3v) is 5.48. The van der Waals surface area contributed by atoms with Gasteiger partial charge in [-0.3, -0.25) is 14.4 Å². The molecule has 7 heteroatoms. The molecule has 29 heavy (non-hydrogen) atoms. The van der Waals surface area contributed by atoms with E-state index in [0.29, 0.717) is 36.7 Å². The molecule has 0 spiro atoms. The first kappa shape index (κ1) is 20.8. The van der Waals surface area contributed by atoms with Crippen molar-refractivity contribution in [1.82, 2.24) is 19.8 Å². The third kappa shape index (κ3) is 4.91. The van der Waals surface area contributed by atoms with Crippen LogP contribution in [0.15, 0.2) is 35.1 Å². The molecule has 1 aromatic heterocycles. The number of hydrogen-bond acceptors (Lipinski definition) is 4.